The maximum Gasteiger partial charge on any atom is 0.286 e. The van der Waals surface area contributed by atoms with Gasteiger partial charge in [-0.05, 0) is 32.4 Å². The van der Waals surface area contributed by atoms with Crippen molar-refractivity contribution < 1.29 is 9.53 Å². The number of H-pyrrole nitrogens is 1. The number of rotatable bonds is 2. The molecule has 3 N–H and O–H groups in total. The molecule has 0 unspecified atom stereocenters. The molecule has 9 nitrogen and oxygen atoms in total. The van der Waals surface area contributed by atoms with Gasteiger partial charge in [0.25, 0.3) is 17.2 Å². The molecule has 23 heavy (non-hydrogen) atoms. The number of nitrogens with one attached hydrogen (secondary N) is 3. The Hall–Kier alpha value is -2.26. The van der Waals surface area contributed by atoms with Crippen LogP contribution >= 0.6 is 0 Å². The minimum atomic E-state index is -0.458. The molecule has 0 aromatic carbocycles. The van der Waals surface area contributed by atoms with E-state index in [2.05, 4.69) is 25.7 Å². The van der Waals surface area contributed by atoms with Crippen molar-refractivity contribution >= 4 is 11.7 Å². The van der Waals surface area contributed by atoms with Crippen LogP contribution in [0.4, 0.5) is 0 Å². The van der Waals surface area contributed by atoms with Gasteiger partial charge in [-0.3, -0.25) is 14.7 Å². The number of hydrogen-bond donors (Lipinski definition) is 3. The van der Waals surface area contributed by atoms with Crippen molar-refractivity contribution in [1.82, 2.24) is 30.2 Å². The normalized spacial score (nSPS) is 23.4. The van der Waals surface area contributed by atoms with Gasteiger partial charge in [0.2, 0.25) is 0 Å². The summed E-state index contributed by atoms with van der Waals surface area (Å²) in [4.78, 5) is 32.5. The average Bonchev–Trinajstić information content (AvgIpc) is 3.16. The van der Waals surface area contributed by atoms with Crippen molar-refractivity contribution in [3.05, 3.63) is 28.4 Å². The zero-order valence-electron chi connectivity index (χ0n) is 12.5. The van der Waals surface area contributed by atoms with Gasteiger partial charge in [0.05, 0.1) is 18.2 Å². The predicted octanol–water partition coefficient (Wildman–Crippen LogP) is -0.941. The van der Waals surface area contributed by atoms with Gasteiger partial charge in [0.1, 0.15) is 11.9 Å². The minimum absolute atomic E-state index is 0.00184. The molecular weight excluding hydrogens is 300 g/mol. The Morgan fingerprint density at radius 2 is 2.22 bits per heavy atom. The molecule has 1 amide bonds. The standard InChI is InChI=1S/C14H18N6O3/c21-11(10-6-16-13-17-8-18-20(13)12(10)22)19-9-5-14(23-7-9)1-3-15-4-2-14/h6,8-9,15H,1-5,7H2,(H,19,21)(H,16,17,18)/t9-/m1/s1. The van der Waals surface area contributed by atoms with Gasteiger partial charge in [-0.1, -0.05) is 0 Å². The summed E-state index contributed by atoms with van der Waals surface area (Å²) in [5, 5.41) is 8.84. The highest BCUT2D eigenvalue weighted by Gasteiger charge is 2.41. The predicted molar refractivity (Wildman–Crippen MR) is 80.3 cm³/mol. The summed E-state index contributed by atoms with van der Waals surface area (Å²) < 4.78 is 7.10. The van der Waals surface area contributed by atoms with Gasteiger partial charge in [-0.2, -0.15) is 4.52 Å². The van der Waals surface area contributed by atoms with Crippen LogP contribution in [-0.4, -0.2) is 56.8 Å². The molecular formula is C14H18N6O3. The second kappa shape index (κ2) is 5.43. The molecule has 1 atom stereocenters. The van der Waals surface area contributed by atoms with E-state index in [0.29, 0.717) is 6.61 Å². The van der Waals surface area contributed by atoms with E-state index in [1.54, 1.807) is 0 Å². The van der Waals surface area contributed by atoms with Crippen molar-refractivity contribution in [2.24, 2.45) is 0 Å². The molecule has 2 fully saturated rings. The van der Waals surface area contributed by atoms with Crippen LogP contribution < -0.4 is 16.2 Å². The van der Waals surface area contributed by atoms with Crippen LogP contribution in [0.15, 0.2) is 17.3 Å². The summed E-state index contributed by atoms with van der Waals surface area (Å²) in [6, 6.07) is -0.0811. The summed E-state index contributed by atoms with van der Waals surface area (Å²) in [6.45, 7) is 2.34. The first-order valence-corrected chi connectivity index (χ1v) is 7.74. The van der Waals surface area contributed by atoms with Crippen molar-refractivity contribution in [1.29, 1.82) is 0 Å². The van der Waals surface area contributed by atoms with Crippen molar-refractivity contribution in [2.75, 3.05) is 19.7 Å². The number of amides is 1. The highest BCUT2D eigenvalue weighted by atomic mass is 16.5. The number of aromatic amines is 1. The number of ether oxygens (including phenoxy) is 1. The summed E-state index contributed by atoms with van der Waals surface area (Å²) in [6.07, 6.45) is 5.30. The van der Waals surface area contributed by atoms with Crippen LogP contribution in [0.1, 0.15) is 29.6 Å². The van der Waals surface area contributed by atoms with Crippen molar-refractivity contribution in [3.63, 3.8) is 0 Å². The van der Waals surface area contributed by atoms with Crippen LogP contribution in [0.5, 0.6) is 0 Å². The van der Waals surface area contributed by atoms with E-state index < -0.39 is 11.5 Å². The molecule has 4 rings (SSSR count). The van der Waals surface area contributed by atoms with E-state index in [4.69, 9.17) is 4.74 Å². The Labute approximate surface area is 131 Å². The molecule has 122 valence electrons. The molecule has 9 heteroatoms. The minimum Gasteiger partial charge on any atom is -0.373 e. The molecule has 1 spiro atoms. The van der Waals surface area contributed by atoms with Gasteiger partial charge in [-0.25, -0.2) is 9.97 Å². The van der Waals surface area contributed by atoms with E-state index in [1.807, 2.05) is 0 Å². The Kier molecular flexibility index (Phi) is 3.38. The highest BCUT2D eigenvalue weighted by Crippen LogP contribution is 2.33. The maximum absolute atomic E-state index is 12.4. The van der Waals surface area contributed by atoms with Crippen LogP contribution in [-0.2, 0) is 4.74 Å². The molecule has 4 heterocycles. The lowest BCUT2D eigenvalue weighted by atomic mass is 9.88. The largest absolute Gasteiger partial charge is 0.373 e. The third-order valence-electron chi connectivity index (χ3n) is 4.61. The summed E-state index contributed by atoms with van der Waals surface area (Å²) in [5.74, 6) is -0.185. The van der Waals surface area contributed by atoms with Crippen LogP contribution in [0.3, 0.4) is 0 Å². The highest BCUT2D eigenvalue weighted by molar-refractivity contribution is 5.93. The molecule has 2 aliphatic rings. The van der Waals surface area contributed by atoms with Crippen LogP contribution in [0, 0.1) is 0 Å². The monoisotopic (exact) mass is 318 g/mol. The fourth-order valence-corrected chi connectivity index (χ4v) is 3.39. The number of piperidine rings is 1. The molecule has 2 aliphatic heterocycles. The molecule has 2 aromatic rings. The first-order valence-electron chi connectivity index (χ1n) is 7.74. The first kappa shape index (κ1) is 14.3. The van der Waals surface area contributed by atoms with Gasteiger partial charge in [0, 0.05) is 6.20 Å². The fraction of sp³-hybridized carbons (Fsp3) is 0.571. The lowest BCUT2D eigenvalue weighted by molar-refractivity contribution is -0.0194. The van der Waals surface area contributed by atoms with Gasteiger partial charge in [0.15, 0.2) is 0 Å². The Morgan fingerprint density at radius 3 is 3.04 bits per heavy atom. The first-order chi connectivity index (χ1) is 11.2. The fourth-order valence-electron chi connectivity index (χ4n) is 3.39. The third-order valence-corrected chi connectivity index (χ3v) is 4.61. The second-order valence-electron chi connectivity index (χ2n) is 6.12. The number of carbonyl (C=O) groups is 1. The number of nitrogens with zero attached hydrogens (tertiary/aromatic N) is 3. The smallest absolute Gasteiger partial charge is 0.286 e. The van der Waals surface area contributed by atoms with Gasteiger partial charge in [-0.15, -0.1) is 0 Å². The Balaban J connectivity index is 1.49. The van der Waals surface area contributed by atoms with Crippen molar-refractivity contribution in [3.8, 4) is 0 Å². The number of fused-ring (bicyclic) bond motifs is 1. The zero-order chi connectivity index (χ0) is 15.9. The number of carbonyl (C=O) groups excluding carboxylic acids is 1. The Morgan fingerprint density at radius 1 is 1.39 bits per heavy atom. The molecule has 0 bridgehead atoms. The SMILES string of the molecule is O=C(N[C@H]1COC2(CCNCC2)C1)c1cnc2nc[nH]n2c1=O. The lowest BCUT2D eigenvalue weighted by Gasteiger charge is -2.32. The van der Waals surface area contributed by atoms with Crippen LogP contribution in [0.25, 0.3) is 5.78 Å². The second-order valence-corrected chi connectivity index (χ2v) is 6.12. The molecule has 0 aliphatic carbocycles. The van der Waals surface area contributed by atoms with E-state index >= 15 is 0 Å². The summed E-state index contributed by atoms with van der Waals surface area (Å²) in [5.41, 5.74) is -0.595. The quantitative estimate of drug-likeness (QED) is 0.658. The average molecular weight is 318 g/mol. The lowest BCUT2D eigenvalue weighted by Crippen LogP contribution is -2.43. The summed E-state index contributed by atoms with van der Waals surface area (Å²) in [7, 11) is 0. The third kappa shape index (κ3) is 2.51. The van der Waals surface area contributed by atoms with E-state index in [9.17, 15) is 9.59 Å². The topological polar surface area (TPSA) is 113 Å². The number of aromatic nitrogens is 4. The van der Waals surface area contributed by atoms with Crippen molar-refractivity contribution in [2.45, 2.75) is 30.9 Å². The summed E-state index contributed by atoms with van der Waals surface area (Å²) >= 11 is 0. The van der Waals surface area contributed by atoms with Crippen LogP contribution in [0.2, 0.25) is 0 Å². The molecule has 0 radical (unpaired) electrons. The van der Waals surface area contributed by atoms with Gasteiger partial charge < -0.3 is 15.4 Å². The van der Waals surface area contributed by atoms with E-state index in [1.165, 1.54) is 12.5 Å². The molecule has 2 aromatic heterocycles. The molecule has 0 saturated carbocycles. The maximum atomic E-state index is 12.4. The van der Waals surface area contributed by atoms with E-state index in [-0.39, 0.29) is 23.0 Å². The number of hydrogen-bond acceptors (Lipinski definition) is 6. The van der Waals surface area contributed by atoms with Gasteiger partial charge >= 0.3 is 0 Å². The van der Waals surface area contributed by atoms with E-state index in [0.717, 1.165) is 36.9 Å². The molecule has 2 saturated heterocycles. The Bertz CT molecular complexity index is 791. The zero-order valence-corrected chi connectivity index (χ0v) is 12.5.